The number of rotatable bonds is 5. The van der Waals surface area contributed by atoms with Crippen LogP contribution in [0.4, 0.5) is 21.5 Å². The van der Waals surface area contributed by atoms with E-state index in [1.807, 2.05) is 54.6 Å². The topological polar surface area (TPSA) is 59.0 Å². The van der Waals surface area contributed by atoms with E-state index in [0.29, 0.717) is 11.4 Å². The molecule has 0 fully saturated rings. The monoisotopic (exact) mass is 372 g/mol. The fraction of sp³-hybridized carbons (Fsp3) is 0. The molecule has 5 nitrogen and oxygen atoms in total. The van der Waals surface area contributed by atoms with Gasteiger partial charge >= 0.3 is 0 Å². The molecule has 0 saturated carbocycles. The molecule has 0 aliphatic rings. The molecule has 2 N–H and O–H groups in total. The average Bonchev–Trinajstić information content (AvgIpc) is 3.21. The second kappa shape index (κ2) is 7.75. The summed E-state index contributed by atoms with van der Waals surface area (Å²) < 4.78 is 14.6. The third-order valence-corrected chi connectivity index (χ3v) is 4.12. The van der Waals surface area contributed by atoms with Crippen molar-refractivity contribution < 1.29 is 9.18 Å². The molecule has 0 aliphatic carbocycles. The minimum atomic E-state index is -0.320. The normalized spacial score (nSPS) is 10.5. The number of nitrogens with one attached hydrogen (secondary N) is 2. The van der Waals surface area contributed by atoms with Crippen LogP contribution in [-0.4, -0.2) is 15.7 Å². The highest BCUT2D eigenvalue weighted by Gasteiger charge is 2.11. The Morgan fingerprint density at radius 1 is 0.786 bits per heavy atom. The molecule has 1 heterocycles. The smallest absolute Gasteiger partial charge is 0.276 e. The van der Waals surface area contributed by atoms with E-state index in [1.54, 1.807) is 24.4 Å². The highest BCUT2D eigenvalue weighted by molar-refractivity contribution is 6.02. The molecule has 28 heavy (non-hydrogen) atoms. The molecule has 0 bridgehead atoms. The lowest BCUT2D eigenvalue weighted by atomic mass is 10.2. The zero-order valence-corrected chi connectivity index (χ0v) is 14.8. The third-order valence-electron chi connectivity index (χ3n) is 4.12. The molecular formula is C22H17FN4O. The highest BCUT2D eigenvalue weighted by Crippen LogP contribution is 2.19. The Hall–Kier alpha value is -3.93. The van der Waals surface area contributed by atoms with E-state index < -0.39 is 0 Å². The molecule has 0 unspecified atom stereocenters. The fourth-order valence-electron chi connectivity index (χ4n) is 2.70. The van der Waals surface area contributed by atoms with E-state index in [-0.39, 0.29) is 17.4 Å². The molecule has 1 aromatic heterocycles. The number of carbonyl (C=O) groups is 1. The maximum atomic E-state index is 13.0. The van der Waals surface area contributed by atoms with E-state index >= 15 is 0 Å². The number of para-hydroxylation sites is 1. The van der Waals surface area contributed by atoms with Crippen LogP contribution in [0.2, 0.25) is 0 Å². The second-order valence-corrected chi connectivity index (χ2v) is 6.14. The molecule has 4 aromatic rings. The third kappa shape index (κ3) is 4.07. The Morgan fingerprint density at radius 2 is 1.43 bits per heavy atom. The Labute approximate surface area is 161 Å². The summed E-state index contributed by atoms with van der Waals surface area (Å²) in [4.78, 5) is 12.4. The number of hydrogen-bond acceptors (Lipinski definition) is 3. The predicted octanol–water partition coefficient (Wildman–Crippen LogP) is 5.01. The molecule has 138 valence electrons. The molecule has 1 amide bonds. The van der Waals surface area contributed by atoms with Crippen LogP contribution in [0.25, 0.3) is 5.69 Å². The Kier molecular flexibility index (Phi) is 4.84. The summed E-state index contributed by atoms with van der Waals surface area (Å²) in [6.07, 6.45) is 1.66. The first-order valence-corrected chi connectivity index (χ1v) is 8.72. The summed E-state index contributed by atoms with van der Waals surface area (Å²) in [6, 6.07) is 24.8. The van der Waals surface area contributed by atoms with Gasteiger partial charge in [-0.15, -0.1) is 0 Å². The van der Waals surface area contributed by atoms with E-state index in [4.69, 9.17) is 0 Å². The summed E-state index contributed by atoms with van der Waals surface area (Å²) >= 11 is 0. The first-order valence-electron chi connectivity index (χ1n) is 8.72. The van der Waals surface area contributed by atoms with Crippen LogP contribution in [0.1, 0.15) is 10.5 Å². The summed E-state index contributed by atoms with van der Waals surface area (Å²) in [5, 5.41) is 10.4. The molecule has 6 heteroatoms. The van der Waals surface area contributed by atoms with Gasteiger partial charge in [0.2, 0.25) is 0 Å². The van der Waals surface area contributed by atoms with Gasteiger partial charge in [0.15, 0.2) is 5.69 Å². The first-order chi connectivity index (χ1) is 13.7. The van der Waals surface area contributed by atoms with Gasteiger partial charge in [-0.05, 0) is 66.7 Å². The van der Waals surface area contributed by atoms with Crippen molar-refractivity contribution in [2.24, 2.45) is 0 Å². The van der Waals surface area contributed by atoms with Gasteiger partial charge in [-0.3, -0.25) is 4.79 Å². The molecule has 0 spiro atoms. The van der Waals surface area contributed by atoms with Crippen LogP contribution in [0.5, 0.6) is 0 Å². The first kappa shape index (κ1) is 17.5. The molecule has 0 aliphatic heterocycles. The van der Waals surface area contributed by atoms with E-state index in [9.17, 15) is 9.18 Å². The van der Waals surface area contributed by atoms with Crippen molar-refractivity contribution in [1.29, 1.82) is 0 Å². The quantitative estimate of drug-likeness (QED) is 0.518. The van der Waals surface area contributed by atoms with E-state index in [2.05, 4.69) is 15.7 Å². The minimum Gasteiger partial charge on any atom is -0.356 e. The zero-order chi connectivity index (χ0) is 19.3. The number of aromatic nitrogens is 2. The lowest BCUT2D eigenvalue weighted by molar-refractivity contribution is 0.102. The van der Waals surface area contributed by atoms with Crippen LogP contribution in [0, 0.1) is 5.82 Å². The van der Waals surface area contributed by atoms with Crippen molar-refractivity contribution in [1.82, 2.24) is 9.78 Å². The number of anilines is 3. The van der Waals surface area contributed by atoms with Crippen molar-refractivity contribution in [3.8, 4) is 5.69 Å². The second-order valence-electron chi connectivity index (χ2n) is 6.14. The molecular weight excluding hydrogens is 355 g/mol. The van der Waals surface area contributed by atoms with Gasteiger partial charge in [0, 0.05) is 23.3 Å². The fourth-order valence-corrected chi connectivity index (χ4v) is 2.70. The molecule has 4 rings (SSSR count). The molecule has 0 radical (unpaired) electrons. The van der Waals surface area contributed by atoms with Crippen LogP contribution in [-0.2, 0) is 0 Å². The van der Waals surface area contributed by atoms with E-state index in [1.165, 1.54) is 16.8 Å². The van der Waals surface area contributed by atoms with Gasteiger partial charge < -0.3 is 10.6 Å². The van der Waals surface area contributed by atoms with Crippen molar-refractivity contribution >= 4 is 23.0 Å². The van der Waals surface area contributed by atoms with Crippen molar-refractivity contribution in [2.45, 2.75) is 0 Å². The van der Waals surface area contributed by atoms with Gasteiger partial charge in [-0.2, -0.15) is 5.10 Å². The number of halogens is 1. The lowest BCUT2D eigenvalue weighted by Crippen LogP contribution is -2.13. The average molecular weight is 372 g/mol. The van der Waals surface area contributed by atoms with Gasteiger partial charge in [-0.25, -0.2) is 9.07 Å². The number of nitrogens with zero attached hydrogens (tertiary/aromatic N) is 2. The standard InChI is InChI=1S/C22H17FN4O/c23-16-6-12-20(13-7-16)27-15-14-21(26-27)22(28)25-19-10-8-18(9-11-19)24-17-4-2-1-3-5-17/h1-15,24H,(H,25,28). The minimum absolute atomic E-state index is 0.274. The molecule has 0 atom stereocenters. The van der Waals surface area contributed by atoms with Gasteiger partial charge in [0.25, 0.3) is 5.91 Å². The lowest BCUT2D eigenvalue weighted by Gasteiger charge is -2.08. The molecule has 0 saturated heterocycles. The van der Waals surface area contributed by atoms with Crippen LogP contribution in [0.3, 0.4) is 0 Å². The van der Waals surface area contributed by atoms with Crippen molar-refractivity contribution in [2.75, 3.05) is 10.6 Å². The van der Waals surface area contributed by atoms with Crippen molar-refractivity contribution in [3.05, 3.63) is 103 Å². The maximum absolute atomic E-state index is 13.0. The number of benzene rings is 3. The van der Waals surface area contributed by atoms with Crippen LogP contribution in [0.15, 0.2) is 91.1 Å². The Balaban J connectivity index is 1.41. The Bertz CT molecular complexity index is 1070. The summed E-state index contributed by atoms with van der Waals surface area (Å²) in [6.45, 7) is 0. The predicted molar refractivity (Wildman–Crippen MR) is 108 cm³/mol. The summed E-state index contributed by atoms with van der Waals surface area (Å²) in [5.41, 5.74) is 3.53. The number of amides is 1. The van der Waals surface area contributed by atoms with E-state index in [0.717, 1.165) is 11.4 Å². The van der Waals surface area contributed by atoms with Gasteiger partial charge in [0.1, 0.15) is 5.82 Å². The summed E-state index contributed by atoms with van der Waals surface area (Å²) in [5.74, 6) is -0.635. The van der Waals surface area contributed by atoms with Crippen LogP contribution < -0.4 is 10.6 Å². The largest absolute Gasteiger partial charge is 0.356 e. The maximum Gasteiger partial charge on any atom is 0.276 e. The molecule has 3 aromatic carbocycles. The van der Waals surface area contributed by atoms with Crippen LogP contribution >= 0.6 is 0 Å². The zero-order valence-electron chi connectivity index (χ0n) is 14.8. The number of hydrogen-bond donors (Lipinski definition) is 2. The highest BCUT2D eigenvalue weighted by atomic mass is 19.1. The Morgan fingerprint density at radius 3 is 2.14 bits per heavy atom. The van der Waals surface area contributed by atoms with Crippen molar-refractivity contribution in [3.63, 3.8) is 0 Å². The van der Waals surface area contributed by atoms with Gasteiger partial charge in [-0.1, -0.05) is 18.2 Å². The number of carbonyl (C=O) groups excluding carboxylic acids is 1. The van der Waals surface area contributed by atoms with Gasteiger partial charge in [0.05, 0.1) is 5.69 Å². The summed E-state index contributed by atoms with van der Waals surface area (Å²) in [7, 11) is 0. The SMILES string of the molecule is O=C(Nc1ccc(Nc2ccccc2)cc1)c1ccn(-c2ccc(F)cc2)n1.